The third kappa shape index (κ3) is 1.59. The Labute approximate surface area is 99.7 Å². The number of nitrogens with zero attached hydrogens (tertiary/aromatic N) is 3. The van der Waals surface area contributed by atoms with Crippen molar-refractivity contribution in [2.24, 2.45) is 0 Å². The van der Waals surface area contributed by atoms with E-state index in [1.807, 2.05) is 16.9 Å². The van der Waals surface area contributed by atoms with Gasteiger partial charge in [-0.1, -0.05) is 6.08 Å². The van der Waals surface area contributed by atoms with Crippen LogP contribution in [0.1, 0.15) is 18.3 Å². The van der Waals surface area contributed by atoms with Gasteiger partial charge in [-0.3, -0.25) is 3.93 Å². The Kier molecular flexibility index (Phi) is 2.62. The van der Waals surface area contributed by atoms with E-state index in [0.29, 0.717) is 6.04 Å². The molecule has 1 atom stereocenters. The molecule has 0 saturated carbocycles. The van der Waals surface area contributed by atoms with E-state index >= 15 is 0 Å². The Hall–Kier alpha value is -0.420. The summed E-state index contributed by atoms with van der Waals surface area (Å²) in [7, 11) is 0. The smallest absolute Gasteiger partial charge is 0.165 e. The lowest BCUT2D eigenvalue weighted by Gasteiger charge is -2.25. The van der Waals surface area contributed by atoms with Crippen molar-refractivity contribution >= 4 is 44.0 Å². The van der Waals surface area contributed by atoms with Crippen molar-refractivity contribution in [3.8, 4) is 0 Å². The highest BCUT2D eigenvalue weighted by molar-refractivity contribution is 9.10. The topological polar surface area (TPSA) is 29.0 Å². The molecule has 0 N–H and O–H groups in total. The largest absolute Gasteiger partial charge is 0.285 e. The number of anilines is 1. The lowest BCUT2D eigenvalue weighted by atomic mass is 10.2. The third-order valence-corrected chi connectivity index (χ3v) is 3.85. The van der Waals surface area contributed by atoms with Crippen LogP contribution in [-0.2, 0) is 0 Å². The molecule has 0 spiro atoms. The van der Waals surface area contributed by atoms with Crippen molar-refractivity contribution in [2.45, 2.75) is 19.9 Å². The normalized spacial score (nSPS) is 19.7. The first-order valence-corrected chi connectivity index (χ1v) is 5.77. The highest BCUT2D eigenvalue weighted by Gasteiger charge is 2.20. The minimum atomic E-state index is 0.303. The third-order valence-electron chi connectivity index (χ3n) is 2.11. The molecule has 0 fully saturated rings. The minimum absolute atomic E-state index is 0.303. The van der Waals surface area contributed by atoms with E-state index in [-0.39, 0.29) is 0 Å². The summed E-state index contributed by atoms with van der Waals surface area (Å²) in [5.41, 5.74) is 1.79. The maximum atomic E-state index is 4.46. The second-order valence-corrected chi connectivity index (χ2v) is 4.73. The summed E-state index contributed by atoms with van der Waals surface area (Å²) in [6, 6.07) is 0.303. The zero-order chi connectivity index (χ0) is 10.3. The number of halogens is 2. The van der Waals surface area contributed by atoms with E-state index in [1.165, 1.54) is 0 Å². The Morgan fingerprint density at radius 1 is 1.43 bits per heavy atom. The summed E-state index contributed by atoms with van der Waals surface area (Å²) in [6.07, 6.45) is 4.07. The maximum absolute atomic E-state index is 4.46. The Morgan fingerprint density at radius 2 is 2.14 bits per heavy atom. The number of rotatable bonds is 0. The molecule has 0 aromatic carbocycles. The number of aromatic nitrogens is 2. The highest BCUT2D eigenvalue weighted by atomic mass is 79.9. The summed E-state index contributed by atoms with van der Waals surface area (Å²) in [6.45, 7) is 4.02. The molecule has 0 bridgehead atoms. The average molecular weight is 319 g/mol. The summed E-state index contributed by atoms with van der Waals surface area (Å²) < 4.78 is 2.74. The molecule has 2 heterocycles. The Bertz CT molecular complexity index is 403. The van der Waals surface area contributed by atoms with E-state index < -0.39 is 0 Å². The molecule has 14 heavy (non-hydrogen) atoms. The molecule has 1 aliphatic heterocycles. The van der Waals surface area contributed by atoms with Gasteiger partial charge in [0.1, 0.15) is 10.3 Å². The van der Waals surface area contributed by atoms with Gasteiger partial charge in [-0.2, -0.15) is 0 Å². The fraction of sp³-hybridized carbons (Fsp3) is 0.333. The number of fused-ring (bicyclic) bond motifs is 1. The van der Waals surface area contributed by atoms with Crippen LogP contribution in [0.4, 0.5) is 5.82 Å². The summed E-state index contributed by atoms with van der Waals surface area (Å²) >= 11 is 6.84. The summed E-state index contributed by atoms with van der Waals surface area (Å²) in [4.78, 5) is 8.86. The summed E-state index contributed by atoms with van der Waals surface area (Å²) in [5.74, 6) is 0.876. The van der Waals surface area contributed by atoms with Crippen molar-refractivity contribution in [3.63, 3.8) is 0 Å². The Balaban J connectivity index is 2.58. The molecule has 1 unspecified atom stereocenters. The monoisotopic (exact) mass is 317 g/mol. The van der Waals surface area contributed by atoms with Crippen molar-refractivity contribution < 1.29 is 0 Å². The molecule has 3 nitrogen and oxygen atoms in total. The molecule has 5 heteroatoms. The molecule has 0 radical (unpaired) electrons. The number of hydrogen-bond acceptors (Lipinski definition) is 3. The van der Waals surface area contributed by atoms with Crippen molar-refractivity contribution in [1.82, 2.24) is 9.97 Å². The van der Waals surface area contributed by atoms with Crippen molar-refractivity contribution in [1.29, 1.82) is 0 Å². The summed E-state index contributed by atoms with van der Waals surface area (Å²) in [5, 5.41) is 0. The molecule has 0 aliphatic carbocycles. The second-order valence-electron chi connectivity index (χ2n) is 3.22. The first kappa shape index (κ1) is 10.1. The van der Waals surface area contributed by atoms with Gasteiger partial charge in [0.25, 0.3) is 0 Å². The average Bonchev–Trinajstić information content (AvgIpc) is 2.15. The van der Waals surface area contributed by atoms with Gasteiger partial charge in [0.05, 0.1) is 27.9 Å². The molecule has 0 amide bonds. The fourth-order valence-corrected chi connectivity index (χ4v) is 1.94. The van der Waals surface area contributed by atoms with E-state index in [1.54, 1.807) is 0 Å². The van der Waals surface area contributed by atoms with Crippen LogP contribution < -0.4 is 3.93 Å². The zero-order valence-electron chi connectivity index (χ0n) is 7.83. The molecule has 1 aliphatic rings. The van der Waals surface area contributed by atoms with Crippen LogP contribution in [0.15, 0.2) is 10.7 Å². The molecule has 2 rings (SSSR count). The van der Waals surface area contributed by atoms with Gasteiger partial charge in [-0.15, -0.1) is 0 Å². The predicted molar refractivity (Wildman–Crippen MR) is 64.4 cm³/mol. The van der Waals surface area contributed by atoms with Gasteiger partial charge in [0.2, 0.25) is 0 Å². The van der Waals surface area contributed by atoms with Crippen LogP contribution in [-0.4, -0.2) is 16.0 Å². The molecular weight excluding hydrogens is 310 g/mol. The van der Waals surface area contributed by atoms with Crippen molar-refractivity contribution in [2.75, 3.05) is 3.93 Å². The predicted octanol–water partition coefficient (Wildman–Crippen LogP) is 3.08. The zero-order valence-corrected chi connectivity index (χ0v) is 11.0. The molecule has 0 saturated heterocycles. The number of aryl methyl sites for hydroxylation is 1. The van der Waals surface area contributed by atoms with Crippen molar-refractivity contribution in [3.05, 3.63) is 22.1 Å². The Morgan fingerprint density at radius 3 is 2.86 bits per heavy atom. The second kappa shape index (κ2) is 3.62. The number of hydrogen-bond donors (Lipinski definition) is 0. The van der Waals surface area contributed by atoms with E-state index in [4.69, 9.17) is 0 Å². The molecule has 1 aromatic rings. The van der Waals surface area contributed by atoms with Gasteiger partial charge >= 0.3 is 0 Å². The quantitative estimate of drug-likeness (QED) is 0.688. The van der Waals surface area contributed by atoms with Gasteiger partial charge in [0.15, 0.2) is 5.82 Å². The minimum Gasteiger partial charge on any atom is -0.285 e. The van der Waals surface area contributed by atoms with Crippen LogP contribution >= 0.6 is 32.1 Å². The fourth-order valence-electron chi connectivity index (χ4n) is 1.27. The first-order chi connectivity index (χ1) is 6.59. The van der Waals surface area contributed by atoms with Crippen LogP contribution in [0.5, 0.6) is 0 Å². The molecule has 74 valence electrons. The van der Waals surface area contributed by atoms with E-state index in [9.17, 15) is 0 Å². The highest BCUT2D eigenvalue weighted by Crippen LogP contribution is 2.30. The van der Waals surface area contributed by atoms with E-state index in [0.717, 1.165) is 21.8 Å². The van der Waals surface area contributed by atoms with Gasteiger partial charge in [-0.05, 0) is 35.9 Å². The first-order valence-electron chi connectivity index (χ1n) is 4.27. The van der Waals surface area contributed by atoms with Crippen LogP contribution in [0, 0.1) is 6.92 Å². The van der Waals surface area contributed by atoms with Gasteiger partial charge < -0.3 is 0 Å². The molecule has 1 aromatic heterocycles. The standard InChI is InChI=1S/C9H9Br2N3/c1-5-3-4-7-9(14(5)11)12-6(2)8(10)13-7/h3-5H,1-2H3. The van der Waals surface area contributed by atoms with Gasteiger partial charge in [-0.25, -0.2) is 9.97 Å². The van der Waals surface area contributed by atoms with Crippen LogP contribution in [0.25, 0.3) is 6.08 Å². The van der Waals surface area contributed by atoms with Crippen LogP contribution in [0.3, 0.4) is 0 Å². The van der Waals surface area contributed by atoms with Gasteiger partial charge in [0, 0.05) is 0 Å². The SMILES string of the molecule is Cc1nc2c(nc1Br)C=CC(C)N2Br. The maximum Gasteiger partial charge on any atom is 0.165 e. The molecular formula is C9H9Br2N3. The lowest BCUT2D eigenvalue weighted by molar-refractivity contribution is 0.886. The lowest BCUT2D eigenvalue weighted by Crippen LogP contribution is -2.25. The van der Waals surface area contributed by atoms with E-state index in [2.05, 4.69) is 55.0 Å². The van der Waals surface area contributed by atoms with Crippen LogP contribution in [0.2, 0.25) is 0 Å².